The smallest absolute Gasteiger partial charge is 0.393 e. The third-order valence-corrected chi connectivity index (χ3v) is 2.29. The molecular formula is C9H17F3N2O2. The summed E-state index contributed by atoms with van der Waals surface area (Å²) in [7, 11) is 0. The summed E-state index contributed by atoms with van der Waals surface area (Å²) < 4.78 is 36.9. The van der Waals surface area contributed by atoms with Gasteiger partial charge in [0.05, 0.1) is 6.10 Å². The van der Waals surface area contributed by atoms with Crippen molar-refractivity contribution >= 4 is 5.91 Å². The fraction of sp³-hybridized carbons (Fsp3) is 0.889. The van der Waals surface area contributed by atoms with E-state index < -0.39 is 23.7 Å². The summed E-state index contributed by atoms with van der Waals surface area (Å²) in [4.78, 5) is 11.1. The lowest BCUT2D eigenvalue weighted by Gasteiger charge is -2.26. The van der Waals surface area contributed by atoms with Gasteiger partial charge in [0.25, 0.3) is 0 Å². The number of aliphatic hydroxyl groups is 1. The van der Waals surface area contributed by atoms with E-state index in [1.165, 1.54) is 0 Å². The maximum atomic E-state index is 12.3. The molecule has 0 rings (SSSR count). The van der Waals surface area contributed by atoms with Crippen LogP contribution in [0.4, 0.5) is 13.2 Å². The van der Waals surface area contributed by atoms with Crippen LogP contribution in [0.25, 0.3) is 0 Å². The van der Waals surface area contributed by atoms with Crippen LogP contribution >= 0.6 is 0 Å². The van der Waals surface area contributed by atoms with Crippen molar-refractivity contribution in [1.82, 2.24) is 5.32 Å². The minimum absolute atomic E-state index is 0.0310. The number of halogens is 3. The van der Waals surface area contributed by atoms with Gasteiger partial charge in [-0.2, -0.15) is 13.2 Å². The second kappa shape index (κ2) is 5.49. The van der Waals surface area contributed by atoms with Crippen LogP contribution in [0.1, 0.15) is 26.7 Å². The largest absolute Gasteiger partial charge is 0.415 e. The van der Waals surface area contributed by atoms with Crippen LogP contribution in [-0.4, -0.2) is 35.4 Å². The normalized spacial score (nSPS) is 17.7. The number of nitrogens with one attached hydrogen (secondary N) is 1. The molecule has 2 unspecified atom stereocenters. The van der Waals surface area contributed by atoms with E-state index in [-0.39, 0.29) is 13.0 Å². The highest BCUT2D eigenvalue weighted by Crippen LogP contribution is 2.27. The van der Waals surface area contributed by atoms with E-state index in [1.54, 1.807) is 6.92 Å². The fourth-order valence-electron chi connectivity index (χ4n) is 0.869. The highest BCUT2D eigenvalue weighted by atomic mass is 19.4. The Bertz CT molecular complexity index is 241. The first-order valence-electron chi connectivity index (χ1n) is 4.95. The van der Waals surface area contributed by atoms with Crippen molar-refractivity contribution in [3.63, 3.8) is 0 Å². The summed E-state index contributed by atoms with van der Waals surface area (Å²) >= 11 is 0. The van der Waals surface area contributed by atoms with E-state index in [2.05, 4.69) is 5.32 Å². The average molecular weight is 242 g/mol. The molecule has 1 amide bonds. The van der Waals surface area contributed by atoms with Gasteiger partial charge in [-0.3, -0.25) is 4.79 Å². The second-order valence-corrected chi connectivity index (χ2v) is 3.81. The van der Waals surface area contributed by atoms with Crippen molar-refractivity contribution in [3.05, 3.63) is 0 Å². The summed E-state index contributed by atoms with van der Waals surface area (Å²) in [5, 5.41) is 11.2. The molecule has 0 radical (unpaired) electrons. The van der Waals surface area contributed by atoms with Crippen molar-refractivity contribution < 1.29 is 23.1 Å². The first-order valence-corrected chi connectivity index (χ1v) is 4.95. The first kappa shape index (κ1) is 15.2. The topological polar surface area (TPSA) is 75.3 Å². The quantitative estimate of drug-likeness (QED) is 0.658. The van der Waals surface area contributed by atoms with Crippen molar-refractivity contribution in [1.29, 1.82) is 0 Å². The minimum Gasteiger partial charge on any atom is -0.393 e. The second-order valence-electron chi connectivity index (χ2n) is 3.81. The standard InChI is InChI=1S/C9H17F3N2O2/c1-3-6(15)4-5-14-7(16)8(2,13)9(10,11)12/h6,15H,3-5,13H2,1-2H3,(H,14,16). The predicted octanol–water partition coefficient (Wildman–Crippen LogP) is 0.543. The molecule has 0 saturated carbocycles. The SMILES string of the molecule is CCC(O)CCNC(=O)C(C)(N)C(F)(F)F. The monoisotopic (exact) mass is 242 g/mol. The molecule has 2 atom stereocenters. The molecule has 0 saturated heterocycles. The van der Waals surface area contributed by atoms with Gasteiger partial charge in [0.15, 0.2) is 5.54 Å². The molecule has 0 aromatic rings. The van der Waals surface area contributed by atoms with Crippen LogP contribution in [0.3, 0.4) is 0 Å². The van der Waals surface area contributed by atoms with Crippen LogP contribution < -0.4 is 11.1 Å². The van der Waals surface area contributed by atoms with E-state index in [1.807, 2.05) is 0 Å². The van der Waals surface area contributed by atoms with Crippen LogP contribution in [0, 0.1) is 0 Å². The molecule has 4 N–H and O–H groups in total. The molecule has 0 aliphatic rings. The van der Waals surface area contributed by atoms with Gasteiger partial charge < -0.3 is 16.2 Å². The molecule has 4 nitrogen and oxygen atoms in total. The Labute approximate surface area is 92.0 Å². The van der Waals surface area contributed by atoms with Crippen molar-refractivity contribution in [2.75, 3.05) is 6.54 Å². The third kappa shape index (κ3) is 3.97. The molecule has 0 spiro atoms. The average Bonchev–Trinajstić information content (AvgIpc) is 2.15. The van der Waals surface area contributed by atoms with Gasteiger partial charge in [-0.1, -0.05) is 6.92 Å². The zero-order chi connectivity index (χ0) is 13.0. The Balaban J connectivity index is 4.17. The Hall–Kier alpha value is -0.820. The zero-order valence-electron chi connectivity index (χ0n) is 9.27. The summed E-state index contributed by atoms with van der Waals surface area (Å²) in [6, 6.07) is 0. The number of carbonyl (C=O) groups excluding carboxylic acids is 1. The maximum absolute atomic E-state index is 12.3. The minimum atomic E-state index is -4.79. The maximum Gasteiger partial charge on any atom is 0.415 e. The lowest BCUT2D eigenvalue weighted by atomic mass is 10.0. The summed E-state index contributed by atoms with van der Waals surface area (Å²) in [6.07, 6.45) is -4.73. The predicted molar refractivity (Wildman–Crippen MR) is 52.6 cm³/mol. The number of alkyl halides is 3. The van der Waals surface area contributed by atoms with Gasteiger partial charge in [0.2, 0.25) is 5.91 Å². The summed E-state index contributed by atoms with van der Waals surface area (Å²) in [6.45, 7) is 2.31. The number of nitrogens with two attached hydrogens (primary N) is 1. The van der Waals surface area contributed by atoms with E-state index in [0.717, 1.165) is 0 Å². The fourth-order valence-corrected chi connectivity index (χ4v) is 0.869. The van der Waals surface area contributed by atoms with Gasteiger partial charge >= 0.3 is 6.18 Å². The van der Waals surface area contributed by atoms with Crippen molar-refractivity contribution in [3.8, 4) is 0 Å². The molecule has 0 aromatic heterocycles. The summed E-state index contributed by atoms with van der Waals surface area (Å²) in [5.41, 5.74) is 1.99. The van der Waals surface area contributed by atoms with Gasteiger partial charge in [-0.25, -0.2) is 0 Å². The van der Waals surface area contributed by atoms with Crippen LogP contribution in [0.15, 0.2) is 0 Å². The van der Waals surface area contributed by atoms with Gasteiger partial charge in [-0.05, 0) is 19.8 Å². The molecule has 0 bridgehead atoms. The van der Waals surface area contributed by atoms with Gasteiger partial charge in [0, 0.05) is 6.54 Å². The number of hydrogen-bond acceptors (Lipinski definition) is 3. The molecule has 16 heavy (non-hydrogen) atoms. The van der Waals surface area contributed by atoms with E-state index in [9.17, 15) is 18.0 Å². The molecule has 0 aromatic carbocycles. The highest BCUT2D eigenvalue weighted by Gasteiger charge is 2.53. The molecule has 0 aliphatic carbocycles. The molecule has 0 aliphatic heterocycles. The van der Waals surface area contributed by atoms with Crippen LogP contribution in [0.2, 0.25) is 0 Å². The first-order chi connectivity index (χ1) is 7.13. The number of hydrogen-bond donors (Lipinski definition) is 3. The number of amides is 1. The van der Waals surface area contributed by atoms with Crippen LogP contribution in [-0.2, 0) is 4.79 Å². The Morgan fingerprint density at radius 2 is 2.00 bits per heavy atom. The van der Waals surface area contributed by atoms with Gasteiger partial charge in [0.1, 0.15) is 0 Å². The Morgan fingerprint density at radius 3 is 2.38 bits per heavy atom. The Morgan fingerprint density at radius 1 is 1.50 bits per heavy atom. The molecular weight excluding hydrogens is 225 g/mol. The third-order valence-electron chi connectivity index (χ3n) is 2.29. The lowest BCUT2D eigenvalue weighted by Crippen LogP contribution is -2.61. The van der Waals surface area contributed by atoms with Crippen molar-refractivity contribution in [2.24, 2.45) is 5.73 Å². The molecule has 7 heteroatoms. The van der Waals surface area contributed by atoms with Crippen molar-refractivity contribution in [2.45, 2.75) is 44.5 Å². The Kier molecular flexibility index (Phi) is 5.21. The summed E-state index contributed by atoms with van der Waals surface area (Å²) in [5.74, 6) is -1.29. The molecule has 0 heterocycles. The highest BCUT2D eigenvalue weighted by molar-refractivity contribution is 5.86. The van der Waals surface area contributed by atoms with Crippen LogP contribution in [0.5, 0.6) is 0 Å². The molecule has 96 valence electrons. The van der Waals surface area contributed by atoms with E-state index in [0.29, 0.717) is 13.3 Å². The number of aliphatic hydroxyl groups excluding tert-OH is 1. The molecule has 0 fully saturated rings. The lowest BCUT2D eigenvalue weighted by molar-refractivity contribution is -0.187. The van der Waals surface area contributed by atoms with E-state index in [4.69, 9.17) is 10.8 Å². The zero-order valence-corrected chi connectivity index (χ0v) is 9.27. The number of rotatable bonds is 5. The van der Waals surface area contributed by atoms with Gasteiger partial charge in [-0.15, -0.1) is 0 Å². The van der Waals surface area contributed by atoms with E-state index >= 15 is 0 Å². The number of carbonyl (C=O) groups is 1.